The third-order valence-electron chi connectivity index (χ3n) is 5.66. The quantitative estimate of drug-likeness (QED) is 0.307. The molecule has 2 aromatic heterocycles. The smallest absolute Gasteiger partial charge is 0.338 e. The van der Waals surface area contributed by atoms with Crippen LogP contribution in [0, 0.1) is 5.92 Å². The number of carbonyl (C=O) groups is 1. The molecule has 3 heterocycles. The zero-order valence-corrected chi connectivity index (χ0v) is 20.3. The Kier molecular flexibility index (Phi) is 7.78. The molecule has 1 saturated heterocycles. The van der Waals surface area contributed by atoms with E-state index in [1.165, 1.54) is 17.2 Å². The number of carbonyl (C=O) groups excluding carboxylic acids is 1. The maximum Gasteiger partial charge on any atom is 0.338 e. The number of esters is 1. The minimum Gasteiger partial charge on any atom is -0.459 e. The molecule has 4 atom stereocenters. The second kappa shape index (κ2) is 10.8. The molecule has 3 aromatic rings. The molecule has 12 nitrogen and oxygen atoms in total. The van der Waals surface area contributed by atoms with E-state index in [4.69, 9.17) is 24.3 Å². The van der Waals surface area contributed by atoms with Crippen molar-refractivity contribution in [3.63, 3.8) is 0 Å². The summed E-state index contributed by atoms with van der Waals surface area (Å²) in [4.78, 5) is 24.9. The number of benzene rings is 1. The van der Waals surface area contributed by atoms with Crippen LogP contribution in [0.25, 0.3) is 11.2 Å². The van der Waals surface area contributed by atoms with Gasteiger partial charge in [0.2, 0.25) is 0 Å². The number of ether oxygens (including phenoxy) is 2. The van der Waals surface area contributed by atoms with Gasteiger partial charge >= 0.3 is 13.6 Å². The standard InChI is InChI=1S/C22H28N5O7P/c1-3-32-35(30,33-4-2)11-15-16(10-31-22(29)14-8-6-5-7-9-14)34-21(18(15)28)27-13-26-17-19(23)24-12-25-20(17)27/h5-9,12-13,15-16,18,21,28H,3-4,10-11H2,1-2H3,(H2,23,24,25)/t15-,16-,18-,21-/m1/s1. The molecule has 0 saturated carbocycles. The third-order valence-corrected chi connectivity index (χ3v) is 7.83. The van der Waals surface area contributed by atoms with Gasteiger partial charge in [0.1, 0.15) is 30.7 Å². The van der Waals surface area contributed by atoms with Gasteiger partial charge in [0, 0.05) is 5.92 Å². The van der Waals surface area contributed by atoms with Crippen molar-refractivity contribution >= 4 is 30.5 Å². The molecular weight excluding hydrogens is 477 g/mol. The number of imidazole rings is 1. The molecule has 3 N–H and O–H groups in total. The summed E-state index contributed by atoms with van der Waals surface area (Å²) in [6.45, 7) is 3.56. The second-order valence-corrected chi connectivity index (χ2v) is 10.00. The molecule has 0 radical (unpaired) electrons. The lowest BCUT2D eigenvalue weighted by molar-refractivity contribution is -0.0539. The number of nitrogens with two attached hydrogens (primary N) is 1. The molecular formula is C22H28N5O7P. The van der Waals surface area contributed by atoms with E-state index in [9.17, 15) is 14.5 Å². The van der Waals surface area contributed by atoms with Crippen molar-refractivity contribution in [1.82, 2.24) is 19.5 Å². The van der Waals surface area contributed by atoms with Crippen LogP contribution in [0.2, 0.25) is 0 Å². The van der Waals surface area contributed by atoms with Gasteiger partial charge in [-0.2, -0.15) is 0 Å². The monoisotopic (exact) mass is 505 g/mol. The summed E-state index contributed by atoms with van der Waals surface area (Å²) in [5.74, 6) is -1.11. The largest absolute Gasteiger partial charge is 0.459 e. The van der Waals surface area contributed by atoms with Crippen LogP contribution in [-0.4, -0.2) is 68.8 Å². The number of hydrogen-bond acceptors (Lipinski definition) is 11. The van der Waals surface area contributed by atoms with Crippen LogP contribution >= 0.6 is 7.60 Å². The molecule has 0 spiro atoms. The maximum atomic E-state index is 13.3. The zero-order chi connectivity index (χ0) is 25.0. The van der Waals surface area contributed by atoms with Crippen molar-refractivity contribution in [2.24, 2.45) is 5.92 Å². The van der Waals surface area contributed by atoms with Gasteiger partial charge < -0.3 is 29.4 Å². The van der Waals surface area contributed by atoms with E-state index in [-0.39, 0.29) is 31.8 Å². The van der Waals surface area contributed by atoms with E-state index in [2.05, 4.69) is 15.0 Å². The first kappa shape index (κ1) is 25.2. The SMILES string of the molecule is CCOP(=O)(C[C@H]1[C@@H](O)[C@H](n2cnc3c(N)ncnc32)O[C@@H]1COC(=O)c1ccccc1)OCC. The van der Waals surface area contributed by atoms with Crippen molar-refractivity contribution in [2.75, 3.05) is 31.7 Å². The van der Waals surface area contributed by atoms with E-state index in [0.717, 1.165) is 0 Å². The molecule has 1 aliphatic rings. The van der Waals surface area contributed by atoms with E-state index in [1.54, 1.807) is 44.2 Å². The van der Waals surface area contributed by atoms with Gasteiger partial charge in [-0.05, 0) is 26.0 Å². The molecule has 35 heavy (non-hydrogen) atoms. The van der Waals surface area contributed by atoms with Gasteiger partial charge in [0.25, 0.3) is 0 Å². The number of aliphatic hydroxyl groups is 1. The highest BCUT2D eigenvalue weighted by molar-refractivity contribution is 7.53. The number of fused-ring (bicyclic) bond motifs is 1. The Morgan fingerprint density at radius 3 is 2.57 bits per heavy atom. The van der Waals surface area contributed by atoms with Crippen molar-refractivity contribution < 1.29 is 33.0 Å². The Labute approximate surface area is 201 Å². The minimum absolute atomic E-state index is 0.135. The summed E-state index contributed by atoms with van der Waals surface area (Å²) >= 11 is 0. The lowest BCUT2D eigenvalue weighted by Gasteiger charge is -2.25. The molecule has 1 fully saturated rings. The third kappa shape index (κ3) is 5.36. The minimum atomic E-state index is -3.56. The van der Waals surface area contributed by atoms with E-state index >= 15 is 0 Å². The first-order valence-corrected chi connectivity index (χ1v) is 13.0. The van der Waals surface area contributed by atoms with Crippen molar-refractivity contribution in [3.05, 3.63) is 48.5 Å². The second-order valence-electron chi connectivity index (χ2n) is 7.90. The van der Waals surface area contributed by atoms with Crippen LogP contribution < -0.4 is 5.73 Å². The van der Waals surface area contributed by atoms with Gasteiger partial charge in [-0.1, -0.05) is 18.2 Å². The van der Waals surface area contributed by atoms with Crippen molar-refractivity contribution in [3.8, 4) is 0 Å². The maximum absolute atomic E-state index is 13.3. The Morgan fingerprint density at radius 1 is 1.17 bits per heavy atom. The first-order valence-electron chi connectivity index (χ1n) is 11.2. The van der Waals surface area contributed by atoms with E-state index in [1.807, 2.05) is 0 Å². The van der Waals surface area contributed by atoms with Gasteiger partial charge in [-0.15, -0.1) is 0 Å². The molecule has 0 unspecified atom stereocenters. The van der Waals surface area contributed by atoms with E-state index < -0.39 is 37.9 Å². The summed E-state index contributed by atoms with van der Waals surface area (Å²) in [5.41, 5.74) is 6.98. The van der Waals surface area contributed by atoms with Crippen LogP contribution in [0.15, 0.2) is 43.0 Å². The summed E-state index contributed by atoms with van der Waals surface area (Å²) in [7, 11) is -3.56. The number of hydrogen-bond donors (Lipinski definition) is 2. The van der Waals surface area contributed by atoms with Crippen LogP contribution in [0.1, 0.15) is 30.4 Å². The fourth-order valence-corrected chi connectivity index (χ4v) is 6.12. The van der Waals surface area contributed by atoms with Gasteiger partial charge in [-0.3, -0.25) is 9.13 Å². The summed E-state index contributed by atoms with van der Waals surface area (Å²) in [6.07, 6.45) is -0.359. The molecule has 13 heteroatoms. The van der Waals surface area contributed by atoms with Crippen LogP contribution in [0.4, 0.5) is 5.82 Å². The molecule has 1 aromatic carbocycles. The normalized spacial score (nSPS) is 22.5. The summed E-state index contributed by atoms with van der Waals surface area (Å²) in [5, 5.41) is 11.3. The predicted octanol–water partition coefficient (Wildman–Crippen LogP) is 2.41. The number of aromatic nitrogens is 4. The molecule has 1 aliphatic heterocycles. The Balaban J connectivity index is 1.61. The fourth-order valence-electron chi connectivity index (χ4n) is 4.08. The number of aliphatic hydroxyl groups excluding tert-OH is 1. The molecule has 0 amide bonds. The number of nitrogen functional groups attached to an aromatic ring is 1. The van der Waals surface area contributed by atoms with Crippen molar-refractivity contribution in [2.45, 2.75) is 32.3 Å². The van der Waals surface area contributed by atoms with Crippen molar-refractivity contribution in [1.29, 1.82) is 0 Å². The molecule has 0 aliphatic carbocycles. The average Bonchev–Trinajstić information content (AvgIpc) is 3.40. The lowest BCUT2D eigenvalue weighted by atomic mass is 10.0. The number of anilines is 1. The topological polar surface area (TPSA) is 161 Å². The molecule has 188 valence electrons. The van der Waals surface area contributed by atoms with Gasteiger partial charge in [-0.25, -0.2) is 19.7 Å². The predicted molar refractivity (Wildman–Crippen MR) is 126 cm³/mol. The van der Waals surface area contributed by atoms with Crippen LogP contribution in [0.3, 0.4) is 0 Å². The van der Waals surface area contributed by atoms with Gasteiger partial charge in [0.05, 0.1) is 31.3 Å². The highest BCUT2D eigenvalue weighted by Crippen LogP contribution is 2.53. The number of nitrogens with zero attached hydrogens (tertiary/aromatic N) is 4. The summed E-state index contributed by atoms with van der Waals surface area (Å²) < 4.78 is 37.3. The molecule has 4 rings (SSSR count). The Bertz CT molecular complexity index is 1200. The summed E-state index contributed by atoms with van der Waals surface area (Å²) in [6, 6.07) is 8.51. The Morgan fingerprint density at radius 2 is 1.89 bits per heavy atom. The number of rotatable bonds is 10. The van der Waals surface area contributed by atoms with Crippen LogP contribution in [0.5, 0.6) is 0 Å². The average molecular weight is 505 g/mol. The Hall–Kier alpha value is -2.89. The highest BCUT2D eigenvalue weighted by Gasteiger charge is 2.49. The van der Waals surface area contributed by atoms with E-state index in [0.29, 0.717) is 16.7 Å². The highest BCUT2D eigenvalue weighted by atomic mass is 31.2. The molecule has 0 bridgehead atoms. The van der Waals surface area contributed by atoms with Crippen LogP contribution in [-0.2, 0) is 23.1 Å². The zero-order valence-electron chi connectivity index (χ0n) is 19.4. The van der Waals surface area contributed by atoms with Gasteiger partial charge in [0.15, 0.2) is 17.7 Å². The lowest BCUT2D eigenvalue weighted by Crippen LogP contribution is -2.33. The fraction of sp³-hybridized carbons (Fsp3) is 0.455. The first-order chi connectivity index (χ1) is 16.9.